The van der Waals surface area contributed by atoms with Gasteiger partial charge in [-0.05, 0) is 36.3 Å². The van der Waals surface area contributed by atoms with Crippen LogP contribution < -0.4 is 4.90 Å². The summed E-state index contributed by atoms with van der Waals surface area (Å²) in [5, 5.41) is 0. The van der Waals surface area contributed by atoms with Crippen molar-refractivity contribution < 1.29 is 14.4 Å². The van der Waals surface area contributed by atoms with Gasteiger partial charge in [0.15, 0.2) is 0 Å². The first-order chi connectivity index (χ1) is 11.6. The Morgan fingerprint density at radius 2 is 1.71 bits per heavy atom. The fraction of sp³-hybridized carbons (Fsp3) is 0.421. The summed E-state index contributed by atoms with van der Waals surface area (Å²) in [4.78, 5) is 41.0. The molecule has 24 heavy (non-hydrogen) atoms. The molecule has 1 aromatic rings. The number of amides is 3. The number of likely N-dealkylation sites (tertiary alicyclic amines) is 1. The van der Waals surface area contributed by atoms with E-state index in [1.807, 2.05) is 24.3 Å². The monoisotopic (exact) mass is 322 g/mol. The fourth-order valence-electron chi connectivity index (χ4n) is 4.94. The Morgan fingerprint density at radius 3 is 2.42 bits per heavy atom. The van der Waals surface area contributed by atoms with E-state index in [-0.39, 0.29) is 47.9 Å². The Bertz CT molecular complexity index is 770. The number of carbonyl (C=O) groups is 3. The van der Waals surface area contributed by atoms with Crippen LogP contribution >= 0.6 is 0 Å². The molecule has 1 aromatic carbocycles. The molecule has 122 valence electrons. The van der Waals surface area contributed by atoms with Crippen LogP contribution in [0.2, 0.25) is 0 Å². The average molecular weight is 322 g/mol. The number of rotatable bonds is 2. The van der Waals surface area contributed by atoms with Crippen molar-refractivity contribution in [3.63, 3.8) is 0 Å². The van der Waals surface area contributed by atoms with Gasteiger partial charge in [0, 0.05) is 12.2 Å². The third kappa shape index (κ3) is 1.72. The highest BCUT2D eigenvalue weighted by molar-refractivity contribution is 6.10. The van der Waals surface area contributed by atoms with Gasteiger partial charge in [-0.15, -0.1) is 0 Å². The van der Waals surface area contributed by atoms with Crippen LogP contribution in [0.1, 0.15) is 12.0 Å². The summed E-state index contributed by atoms with van der Waals surface area (Å²) in [6.07, 6.45) is 5.87. The summed E-state index contributed by atoms with van der Waals surface area (Å²) in [6.45, 7) is 0.493. The molecule has 5 heteroatoms. The van der Waals surface area contributed by atoms with E-state index in [4.69, 9.17) is 0 Å². The minimum absolute atomic E-state index is 0.127. The highest BCUT2D eigenvalue weighted by atomic mass is 16.2. The number of nitrogens with zero attached hydrogens (tertiary/aromatic N) is 2. The van der Waals surface area contributed by atoms with Crippen molar-refractivity contribution in [2.75, 3.05) is 18.0 Å². The molecule has 2 fully saturated rings. The minimum atomic E-state index is -0.230. The van der Waals surface area contributed by atoms with Gasteiger partial charge in [-0.2, -0.15) is 0 Å². The molecule has 0 aromatic heterocycles. The number of hydrogen-bond donors (Lipinski definition) is 0. The molecule has 0 N–H and O–H groups in total. The second-order valence-electron chi connectivity index (χ2n) is 7.19. The van der Waals surface area contributed by atoms with E-state index < -0.39 is 0 Å². The molecule has 5 nitrogen and oxygen atoms in total. The minimum Gasteiger partial charge on any atom is -0.310 e. The average Bonchev–Trinajstić information content (AvgIpc) is 3.33. The maximum Gasteiger partial charge on any atom is 0.247 e. The van der Waals surface area contributed by atoms with E-state index in [1.165, 1.54) is 4.90 Å². The molecule has 1 saturated carbocycles. The van der Waals surface area contributed by atoms with Gasteiger partial charge >= 0.3 is 0 Å². The normalized spacial score (nSPS) is 32.7. The number of fused-ring (bicyclic) bond motifs is 6. The molecule has 2 bridgehead atoms. The van der Waals surface area contributed by atoms with Crippen molar-refractivity contribution in [3.8, 4) is 0 Å². The van der Waals surface area contributed by atoms with E-state index in [1.54, 1.807) is 4.90 Å². The first kappa shape index (κ1) is 14.0. The summed E-state index contributed by atoms with van der Waals surface area (Å²) >= 11 is 0. The van der Waals surface area contributed by atoms with E-state index in [0.717, 1.165) is 24.1 Å². The van der Waals surface area contributed by atoms with Crippen LogP contribution in [0.5, 0.6) is 0 Å². The van der Waals surface area contributed by atoms with Crippen LogP contribution in [-0.2, 0) is 20.8 Å². The van der Waals surface area contributed by atoms with Gasteiger partial charge in [-0.25, -0.2) is 0 Å². The number of para-hydroxylation sites is 1. The maximum atomic E-state index is 12.7. The van der Waals surface area contributed by atoms with Crippen molar-refractivity contribution in [1.82, 2.24) is 4.90 Å². The zero-order valence-corrected chi connectivity index (χ0v) is 13.2. The first-order valence-electron chi connectivity index (χ1n) is 8.57. The molecule has 0 radical (unpaired) electrons. The van der Waals surface area contributed by atoms with E-state index >= 15 is 0 Å². The van der Waals surface area contributed by atoms with Gasteiger partial charge in [0.1, 0.15) is 6.54 Å². The van der Waals surface area contributed by atoms with Gasteiger partial charge in [-0.3, -0.25) is 19.3 Å². The summed E-state index contributed by atoms with van der Waals surface area (Å²) < 4.78 is 0. The molecule has 2 heterocycles. The fourth-order valence-corrected chi connectivity index (χ4v) is 4.94. The van der Waals surface area contributed by atoms with Crippen molar-refractivity contribution >= 4 is 23.4 Å². The van der Waals surface area contributed by atoms with Gasteiger partial charge in [0.2, 0.25) is 17.7 Å². The molecular formula is C19H18N2O3. The van der Waals surface area contributed by atoms with E-state index in [9.17, 15) is 14.4 Å². The smallest absolute Gasteiger partial charge is 0.247 e. The lowest BCUT2D eigenvalue weighted by atomic mass is 9.85. The third-order valence-electron chi connectivity index (χ3n) is 6.04. The van der Waals surface area contributed by atoms with Crippen molar-refractivity contribution in [2.24, 2.45) is 23.7 Å². The number of anilines is 1. The molecule has 5 rings (SSSR count). The van der Waals surface area contributed by atoms with Crippen molar-refractivity contribution in [1.29, 1.82) is 0 Å². The molecular weight excluding hydrogens is 304 g/mol. The summed E-state index contributed by atoms with van der Waals surface area (Å²) in [5.41, 5.74) is 2.05. The summed E-state index contributed by atoms with van der Waals surface area (Å²) in [6, 6.07) is 7.81. The number of benzene rings is 1. The number of imide groups is 1. The highest BCUT2D eigenvalue weighted by Gasteiger charge is 2.59. The van der Waals surface area contributed by atoms with Gasteiger partial charge in [-0.1, -0.05) is 30.4 Å². The molecule has 2 aliphatic heterocycles. The lowest BCUT2D eigenvalue weighted by molar-refractivity contribution is -0.143. The predicted octanol–water partition coefficient (Wildman–Crippen LogP) is 1.38. The Morgan fingerprint density at radius 1 is 1.04 bits per heavy atom. The molecule has 2 aliphatic carbocycles. The van der Waals surface area contributed by atoms with Crippen molar-refractivity contribution in [2.45, 2.75) is 12.8 Å². The Labute approximate surface area is 139 Å². The predicted molar refractivity (Wildman–Crippen MR) is 86.9 cm³/mol. The van der Waals surface area contributed by atoms with Crippen LogP contribution in [0, 0.1) is 23.7 Å². The van der Waals surface area contributed by atoms with Crippen LogP contribution in [-0.4, -0.2) is 35.7 Å². The zero-order chi connectivity index (χ0) is 16.4. The largest absolute Gasteiger partial charge is 0.310 e. The summed E-state index contributed by atoms with van der Waals surface area (Å²) in [5.74, 6) is -0.558. The number of hydrogen-bond acceptors (Lipinski definition) is 3. The Kier molecular flexibility index (Phi) is 2.78. The second-order valence-corrected chi connectivity index (χ2v) is 7.19. The molecule has 3 amide bonds. The van der Waals surface area contributed by atoms with Crippen LogP contribution in [0.25, 0.3) is 0 Å². The Balaban J connectivity index is 1.37. The number of allylic oxidation sites excluding steroid dienone is 2. The van der Waals surface area contributed by atoms with E-state index in [0.29, 0.717) is 6.54 Å². The van der Waals surface area contributed by atoms with Gasteiger partial charge in [0.05, 0.1) is 11.8 Å². The zero-order valence-electron chi connectivity index (χ0n) is 13.2. The van der Waals surface area contributed by atoms with Gasteiger partial charge in [0.25, 0.3) is 0 Å². The SMILES string of the molecule is O=C1[C@@H]2[C@@H](C(=O)N1CC(=O)N1CCc3ccccc31)[C@H]1C=C[C@@H]2C1. The quantitative estimate of drug-likeness (QED) is 0.611. The molecule has 1 saturated heterocycles. The molecule has 4 aliphatic rings. The third-order valence-corrected chi connectivity index (χ3v) is 6.04. The topological polar surface area (TPSA) is 57.7 Å². The van der Waals surface area contributed by atoms with E-state index in [2.05, 4.69) is 12.2 Å². The lowest BCUT2D eigenvalue weighted by Crippen LogP contribution is -2.43. The molecule has 4 atom stereocenters. The van der Waals surface area contributed by atoms with Crippen LogP contribution in [0.15, 0.2) is 36.4 Å². The Hall–Kier alpha value is -2.43. The second kappa shape index (κ2) is 4.79. The van der Waals surface area contributed by atoms with Crippen molar-refractivity contribution in [3.05, 3.63) is 42.0 Å². The highest BCUT2D eigenvalue weighted by Crippen LogP contribution is 2.52. The van der Waals surface area contributed by atoms with Crippen LogP contribution in [0.3, 0.4) is 0 Å². The molecule has 0 spiro atoms. The van der Waals surface area contributed by atoms with Gasteiger partial charge < -0.3 is 4.90 Å². The number of carbonyl (C=O) groups excluding carboxylic acids is 3. The summed E-state index contributed by atoms with van der Waals surface area (Å²) in [7, 11) is 0. The molecule has 0 unspecified atom stereocenters. The lowest BCUT2D eigenvalue weighted by Gasteiger charge is -2.22. The first-order valence-corrected chi connectivity index (χ1v) is 8.57. The standard InChI is InChI=1S/C19H18N2O3/c22-15(20-8-7-11-3-1-2-4-14(11)20)10-21-18(23)16-12-5-6-13(9-12)17(16)19(21)24/h1-6,12-13,16-17H,7-10H2/t12-,13+,16-,17-/m0/s1. The maximum absolute atomic E-state index is 12.7. The van der Waals surface area contributed by atoms with Crippen LogP contribution in [0.4, 0.5) is 5.69 Å².